The number of aromatic nitrogens is 1. The van der Waals surface area contributed by atoms with Gasteiger partial charge in [-0.05, 0) is 32.9 Å². The summed E-state index contributed by atoms with van der Waals surface area (Å²) in [5.74, 6) is 0.990. The van der Waals surface area contributed by atoms with Gasteiger partial charge in [-0.25, -0.2) is 13.1 Å². The van der Waals surface area contributed by atoms with Crippen molar-refractivity contribution in [2.45, 2.75) is 44.5 Å². The van der Waals surface area contributed by atoms with Crippen LogP contribution in [0.15, 0.2) is 38.4 Å². The van der Waals surface area contributed by atoms with E-state index in [2.05, 4.69) is 15.2 Å². The molecule has 7 nitrogen and oxygen atoms in total. The first-order valence-electron chi connectivity index (χ1n) is 6.49. The monoisotopic (exact) mass is 313 g/mol. The van der Waals surface area contributed by atoms with Crippen LogP contribution in [0.2, 0.25) is 0 Å². The molecule has 0 aromatic carbocycles. The largest absolute Gasteiger partial charge is 0.447 e. The van der Waals surface area contributed by atoms with E-state index in [0.29, 0.717) is 18.1 Å². The molecular weight excluding hydrogens is 294 g/mol. The maximum Gasteiger partial charge on any atom is 0.274 e. The zero-order chi connectivity index (χ0) is 15.5. The first-order chi connectivity index (χ1) is 9.76. The Morgan fingerprint density at radius 1 is 1.14 bits per heavy atom. The van der Waals surface area contributed by atoms with Crippen molar-refractivity contribution in [2.24, 2.45) is 0 Å². The number of furan rings is 1. The highest BCUT2D eigenvalue weighted by Gasteiger charge is 2.19. The Morgan fingerprint density at radius 2 is 1.90 bits per heavy atom. The quantitative estimate of drug-likeness (QED) is 0.841. The van der Waals surface area contributed by atoms with Crippen molar-refractivity contribution in [3.63, 3.8) is 0 Å². The fourth-order valence-corrected chi connectivity index (χ4v) is 2.46. The van der Waals surface area contributed by atoms with Gasteiger partial charge in [0.05, 0.1) is 19.3 Å². The predicted octanol–water partition coefficient (Wildman–Crippen LogP) is 1.63. The molecule has 8 heteroatoms. The zero-order valence-electron chi connectivity index (χ0n) is 12.2. The first-order valence-corrected chi connectivity index (χ1v) is 7.97. The lowest BCUT2D eigenvalue weighted by Crippen LogP contribution is -2.34. The van der Waals surface area contributed by atoms with E-state index in [1.54, 1.807) is 12.1 Å². The topological polar surface area (TPSA) is 97.4 Å². The van der Waals surface area contributed by atoms with Crippen molar-refractivity contribution in [2.75, 3.05) is 0 Å². The van der Waals surface area contributed by atoms with Crippen LogP contribution < -0.4 is 10.0 Å². The molecule has 0 atom stereocenters. The average molecular weight is 313 g/mol. The second kappa shape index (κ2) is 6.00. The van der Waals surface area contributed by atoms with Crippen LogP contribution in [0.25, 0.3) is 0 Å². The summed E-state index contributed by atoms with van der Waals surface area (Å²) in [6.45, 7) is 6.55. The molecule has 2 N–H and O–H groups in total. The standard InChI is InChI=1S/C13H19N3O4S/c1-13(2,3)14-8-10-4-5-12(19-10)21(17,18)16-9-11-6-7-15-20-11/h4-7,14,16H,8-9H2,1-3H3. The summed E-state index contributed by atoms with van der Waals surface area (Å²) in [5.41, 5.74) is -0.0731. The van der Waals surface area contributed by atoms with Crippen LogP contribution in [0.3, 0.4) is 0 Å². The molecule has 0 amide bonds. The Kier molecular flexibility index (Phi) is 4.50. The molecule has 0 aliphatic heterocycles. The number of hydrogen-bond acceptors (Lipinski definition) is 6. The van der Waals surface area contributed by atoms with Crippen molar-refractivity contribution < 1.29 is 17.4 Å². The molecule has 21 heavy (non-hydrogen) atoms. The van der Waals surface area contributed by atoms with E-state index in [9.17, 15) is 8.42 Å². The number of rotatable bonds is 6. The summed E-state index contributed by atoms with van der Waals surface area (Å²) in [6, 6.07) is 4.66. The van der Waals surface area contributed by atoms with Crippen molar-refractivity contribution >= 4 is 10.0 Å². The van der Waals surface area contributed by atoms with Crippen LogP contribution in [0.4, 0.5) is 0 Å². The highest BCUT2D eigenvalue weighted by molar-refractivity contribution is 7.89. The van der Waals surface area contributed by atoms with Gasteiger partial charge < -0.3 is 14.3 Å². The van der Waals surface area contributed by atoms with Gasteiger partial charge >= 0.3 is 0 Å². The SMILES string of the molecule is CC(C)(C)NCc1ccc(S(=O)(=O)NCc2ccno2)o1. The van der Waals surface area contributed by atoms with Crippen LogP contribution in [0.1, 0.15) is 32.3 Å². The maximum absolute atomic E-state index is 12.1. The molecule has 2 rings (SSSR count). The minimum atomic E-state index is -3.70. The molecule has 0 saturated carbocycles. The maximum atomic E-state index is 12.1. The Morgan fingerprint density at radius 3 is 2.52 bits per heavy atom. The van der Waals surface area contributed by atoms with Gasteiger partial charge in [0, 0.05) is 11.6 Å². The molecule has 0 aliphatic rings. The highest BCUT2D eigenvalue weighted by Crippen LogP contribution is 2.15. The third-order valence-corrected chi connectivity index (χ3v) is 3.90. The number of nitrogens with one attached hydrogen (secondary N) is 2. The second-order valence-electron chi connectivity index (χ2n) is 5.63. The minimum absolute atomic E-state index is 0.0264. The molecule has 0 unspecified atom stereocenters. The van der Waals surface area contributed by atoms with E-state index >= 15 is 0 Å². The fourth-order valence-electron chi connectivity index (χ4n) is 1.52. The molecular formula is C13H19N3O4S. The van der Waals surface area contributed by atoms with Crippen LogP contribution in [-0.4, -0.2) is 19.1 Å². The zero-order valence-corrected chi connectivity index (χ0v) is 13.0. The summed E-state index contributed by atoms with van der Waals surface area (Å²) in [4.78, 5) is 0. The lowest BCUT2D eigenvalue weighted by Gasteiger charge is -2.19. The van der Waals surface area contributed by atoms with Crippen LogP contribution in [-0.2, 0) is 23.1 Å². The van der Waals surface area contributed by atoms with Gasteiger partial charge in [-0.3, -0.25) is 0 Å². The van der Waals surface area contributed by atoms with Gasteiger partial charge in [0.1, 0.15) is 5.76 Å². The van der Waals surface area contributed by atoms with Gasteiger partial charge in [-0.2, -0.15) is 0 Å². The number of sulfonamides is 1. The lowest BCUT2D eigenvalue weighted by atomic mass is 10.1. The second-order valence-corrected chi connectivity index (χ2v) is 7.33. The molecule has 0 saturated heterocycles. The smallest absolute Gasteiger partial charge is 0.274 e. The van der Waals surface area contributed by atoms with E-state index in [1.807, 2.05) is 20.8 Å². The molecule has 2 aromatic rings. The summed E-state index contributed by atoms with van der Waals surface area (Å²) in [7, 11) is -3.70. The van der Waals surface area contributed by atoms with Crippen molar-refractivity contribution in [1.82, 2.24) is 15.2 Å². The Hall–Kier alpha value is -1.64. The van der Waals surface area contributed by atoms with Crippen LogP contribution in [0, 0.1) is 0 Å². The average Bonchev–Trinajstić information content (AvgIpc) is 3.05. The molecule has 116 valence electrons. The van der Waals surface area contributed by atoms with Crippen LogP contribution >= 0.6 is 0 Å². The number of hydrogen-bond donors (Lipinski definition) is 2. The summed E-state index contributed by atoms with van der Waals surface area (Å²) < 4.78 is 36.7. The summed E-state index contributed by atoms with van der Waals surface area (Å²) >= 11 is 0. The third kappa shape index (κ3) is 4.69. The minimum Gasteiger partial charge on any atom is -0.447 e. The van der Waals surface area contributed by atoms with Gasteiger partial charge in [-0.15, -0.1) is 0 Å². The van der Waals surface area contributed by atoms with Crippen molar-refractivity contribution in [3.8, 4) is 0 Å². The van der Waals surface area contributed by atoms with Crippen molar-refractivity contribution in [1.29, 1.82) is 0 Å². The van der Waals surface area contributed by atoms with E-state index in [-0.39, 0.29) is 17.2 Å². The first kappa shape index (κ1) is 15.7. The molecule has 0 fully saturated rings. The van der Waals surface area contributed by atoms with Gasteiger partial charge in [0.2, 0.25) is 5.09 Å². The molecule has 0 spiro atoms. The van der Waals surface area contributed by atoms with Gasteiger partial charge in [0.15, 0.2) is 5.76 Å². The molecule has 0 bridgehead atoms. The molecule has 0 aliphatic carbocycles. The molecule has 2 aromatic heterocycles. The Bertz CT molecular complexity index is 669. The lowest BCUT2D eigenvalue weighted by molar-refractivity contribution is 0.357. The number of nitrogens with zero attached hydrogens (tertiary/aromatic N) is 1. The van der Waals surface area contributed by atoms with E-state index < -0.39 is 10.0 Å². The normalized spacial score (nSPS) is 12.7. The highest BCUT2D eigenvalue weighted by atomic mass is 32.2. The summed E-state index contributed by atoms with van der Waals surface area (Å²) in [5, 5.41) is 6.61. The van der Waals surface area contributed by atoms with Crippen LogP contribution in [0.5, 0.6) is 0 Å². The predicted molar refractivity (Wildman–Crippen MR) is 75.8 cm³/mol. The van der Waals surface area contributed by atoms with E-state index in [0.717, 1.165) is 0 Å². The van der Waals surface area contributed by atoms with E-state index in [1.165, 1.54) is 12.3 Å². The fraction of sp³-hybridized carbons (Fsp3) is 0.462. The van der Waals surface area contributed by atoms with Gasteiger partial charge in [-0.1, -0.05) is 5.16 Å². The van der Waals surface area contributed by atoms with Gasteiger partial charge in [0.25, 0.3) is 10.0 Å². The molecule has 2 heterocycles. The Labute approximate surface area is 123 Å². The van der Waals surface area contributed by atoms with E-state index in [4.69, 9.17) is 8.94 Å². The Balaban J connectivity index is 1.98. The summed E-state index contributed by atoms with van der Waals surface area (Å²) in [6.07, 6.45) is 1.45. The third-order valence-electron chi connectivity index (χ3n) is 2.62. The van der Waals surface area contributed by atoms with Crippen molar-refractivity contribution in [3.05, 3.63) is 35.9 Å². The molecule has 0 radical (unpaired) electrons.